The first-order valence-electron chi connectivity index (χ1n) is 4.93. The number of carbonyl (C=O) groups excluding carboxylic acids is 1. The van der Waals surface area contributed by atoms with Crippen molar-refractivity contribution < 1.29 is 4.79 Å². The molecule has 0 amide bonds. The summed E-state index contributed by atoms with van der Waals surface area (Å²) in [5, 5.41) is 8.66. The van der Waals surface area contributed by atoms with Gasteiger partial charge in [0.15, 0.2) is 6.29 Å². The molecule has 1 heterocycles. The zero-order chi connectivity index (χ0) is 10.6. The van der Waals surface area contributed by atoms with Crippen molar-refractivity contribution in [2.45, 2.75) is 32.2 Å². The molecule has 14 heavy (non-hydrogen) atoms. The first-order chi connectivity index (χ1) is 6.60. The first-order valence-corrected chi connectivity index (χ1v) is 4.93. The van der Waals surface area contributed by atoms with E-state index in [2.05, 4.69) is 4.90 Å². The van der Waals surface area contributed by atoms with Crippen molar-refractivity contribution >= 4 is 6.29 Å². The molecule has 0 saturated carbocycles. The van der Waals surface area contributed by atoms with Gasteiger partial charge < -0.3 is 0 Å². The van der Waals surface area contributed by atoms with Gasteiger partial charge >= 0.3 is 0 Å². The van der Waals surface area contributed by atoms with Crippen LogP contribution in [0.1, 0.15) is 26.7 Å². The molecule has 1 aliphatic heterocycles. The average Bonchev–Trinajstić information content (AvgIpc) is 2.67. The fourth-order valence-electron chi connectivity index (χ4n) is 1.86. The second-order valence-electron chi connectivity index (χ2n) is 4.18. The maximum atomic E-state index is 10.5. The van der Waals surface area contributed by atoms with Crippen LogP contribution in [-0.4, -0.2) is 29.8 Å². The molecule has 0 N–H and O–H groups in total. The molecule has 0 unspecified atom stereocenters. The van der Waals surface area contributed by atoms with Gasteiger partial charge in [-0.05, 0) is 45.9 Å². The van der Waals surface area contributed by atoms with Crippen LogP contribution in [0.4, 0.5) is 0 Å². The minimum atomic E-state index is -0.178. The lowest BCUT2D eigenvalue weighted by atomic mass is 10.00. The summed E-state index contributed by atoms with van der Waals surface area (Å²) in [6.07, 6.45) is 4.80. The van der Waals surface area contributed by atoms with Crippen molar-refractivity contribution in [1.29, 1.82) is 5.26 Å². The standard InChI is InChI=1S/C11H16N2O/c1-11(2,7-10(8-12)9-14)13-5-3-4-6-13/h7,9H,3-6H2,1-2H3. The Bertz CT molecular complexity index is 280. The molecule has 0 atom stereocenters. The first kappa shape index (κ1) is 10.9. The van der Waals surface area contributed by atoms with Gasteiger partial charge in [0.05, 0.1) is 5.57 Å². The number of rotatable bonds is 3. The van der Waals surface area contributed by atoms with Crippen LogP contribution in [0.5, 0.6) is 0 Å². The third-order valence-electron chi connectivity index (χ3n) is 2.69. The Morgan fingerprint density at radius 3 is 2.43 bits per heavy atom. The summed E-state index contributed by atoms with van der Waals surface area (Å²) in [5.41, 5.74) is 0.0459. The van der Waals surface area contributed by atoms with Crippen LogP contribution in [0.25, 0.3) is 0 Å². The Labute approximate surface area is 85.0 Å². The molecule has 0 bridgehead atoms. The summed E-state index contributed by atoms with van der Waals surface area (Å²) < 4.78 is 0. The minimum absolute atomic E-state index is 0.178. The molecular formula is C11H16N2O. The number of carbonyl (C=O) groups is 1. The molecule has 1 rings (SSSR count). The number of nitriles is 1. The van der Waals surface area contributed by atoms with Crippen LogP contribution >= 0.6 is 0 Å². The number of nitrogens with zero attached hydrogens (tertiary/aromatic N) is 2. The van der Waals surface area contributed by atoms with E-state index in [9.17, 15) is 4.79 Å². The van der Waals surface area contributed by atoms with E-state index in [4.69, 9.17) is 5.26 Å². The fraction of sp³-hybridized carbons (Fsp3) is 0.636. The van der Waals surface area contributed by atoms with E-state index in [0.29, 0.717) is 6.29 Å². The molecule has 1 fully saturated rings. The summed E-state index contributed by atoms with van der Waals surface area (Å²) in [4.78, 5) is 12.8. The lowest BCUT2D eigenvalue weighted by Gasteiger charge is -2.32. The molecule has 76 valence electrons. The largest absolute Gasteiger partial charge is 0.297 e. The van der Waals surface area contributed by atoms with Crippen molar-refractivity contribution in [1.82, 2.24) is 4.90 Å². The molecule has 1 aliphatic rings. The molecule has 0 aromatic heterocycles. The number of likely N-dealkylation sites (tertiary alicyclic amines) is 1. The Morgan fingerprint density at radius 2 is 2.00 bits per heavy atom. The molecule has 0 spiro atoms. The molecule has 0 aliphatic carbocycles. The molecule has 0 aromatic carbocycles. The van der Waals surface area contributed by atoms with Gasteiger partial charge in [-0.2, -0.15) is 5.26 Å². The van der Waals surface area contributed by atoms with Crippen LogP contribution < -0.4 is 0 Å². The fourth-order valence-corrected chi connectivity index (χ4v) is 1.86. The highest BCUT2D eigenvalue weighted by atomic mass is 16.1. The third-order valence-corrected chi connectivity index (χ3v) is 2.69. The Balaban J connectivity index is 2.78. The maximum absolute atomic E-state index is 10.5. The van der Waals surface area contributed by atoms with Gasteiger partial charge in [0.25, 0.3) is 0 Å². The summed E-state index contributed by atoms with van der Waals surface area (Å²) in [7, 11) is 0. The topological polar surface area (TPSA) is 44.1 Å². The lowest BCUT2D eigenvalue weighted by molar-refractivity contribution is -0.104. The van der Waals surface area contributed by atoms with Crippen molar-refractivity contribution in [2.24, 2.45) is 0 Å². The number of hydrogen-bond acceptors (Lipinski definition) is 3. The normalized spacial score (nSPS) is 19.4. The van der Waals surface area contributed by atoms with E-state index in [-0.39, 0.29) is 11.1 Å². The lowest BCUT2D eigenvalue weighted by Crippen LogP contribution is -2.40. The van der Waals surface area contributed by atoms with Crippen LogP contribution in [-0.2, 0) is 4.79 Å². The van der Waals surface area contributed by atoms with E-state index in [1.807, 2.05) is 19.9 Å². The predicted molar refractivity (Wildman–Crippen MR) is 54.6 cm³/mol. The quantitative estimate of drug-likeness (QED) is 0.387. The molecule has 1 saturated heterocycles. The zero-order valence-corrected chi connectivity index (χ0v) is 8.79. The monoisotopic (exact) mass is 192 g/mol. The van der Waals surface area contributed by atoms with Crippen molar-refractivity contribution in [3.05, 3.63) is 11.6 Å². The highest BCUT2D eigenvalue weighted by Gasteiger charge is 2.27. The highest BCUT2D eigenvalue weighted by Crippen LogP contribution is 2.22. The van der Waals surface area contributed by atoms with Gasteiger partial charge in [-0.15, -0.1) is 0 Å². The number of hydrogen-bond donors (Lipinski definition) is 0. The van der Waals surface area contributed by atoms with Gasteiger partial charge in [-0.1, -0.05) is 0 Å². The maximum Gasteiger partial charge on any atom is 0.160 e. The van der Waals surface area contributed by atoms with Crippen LogP contribution in [0.3, 0.4) is 0 Å². The SMILES string of the molecule is CC(C)(C=C(C#N)C=O)N1CCCC1. The molecule has 3 heteroatoms. The van der Waals surface area contributed by atoms with Crippen molar-refractivity contribution in [3.8, 4) is 6.07 Å². The van der Waals surface area contributed by atoms with E-state index < -0.39 is 0 Å². The van der Waals surface area contributed by atoms with Gasteiger partial charge in [0, 0.05) is 5.54 Å². The van der Waals surface area contributed by atoms with E-state index in [1.165, 1.54) is 12.8 Å². The van der Waals surface area contributed by atoms with Crippen molar-refractivity contribution in [2.75, 3.05) is 13.1 Å². The summed E-state index contributed by atoms with van der Waals surface area (Å²) in [6.45, 7) is 6.19. The van der Waals surface area contributed by atoms with Crippen molar-refractivity contribution in [3.63, 3.8) is 0 Å². The molecule has 3 nitrogen and oxygen atoms in total. The van der Waals surface area contributed by atoms with Crippen LogP contribution in [0.2, 0.25) is 0 Å². The van der Waals surface area contributed by atoms with E-state index in [0.717, 1.165) is 13.1 Å². The third kappa shape index (κ3) is 2.43. The predicted octanol–water partition coefficient (Wildman–Crippen LogP) is 1.51. The Morgan fingerprint density at radius 1 is 1.43 bits per heavy atom. The molecular weight excluding hydrogens is 176 g/mol. The van der Waals surface area contributed by atoms with E-state index >= 15 is 0 Å². The van der Waals surface area contributed by atoms with Gasteiger partial charge in [-0.25, -0.2) is 0 Å². The second kappa shape index (κ2) is 4.39. The number of allylic oxidation sites excluding steroid dienone is 1. The Kier molecular flexibility index (Phi) is 3.43. The minimum Gasteiger partial charge on any atom is -0.297 e. The van der Waals surface area contributed by atoms with Crippen LogP contribution in [0.15, 0.2) is 11.6 Å². The van der Waals surface area contributed by atoms with Gasteiger partial charge in [-0.3, -0.25) is 9.69 Å². The highest BCUT2D eigenvalue weighted by molar-refractivity contribution is 5.79. The van der Waals surface area contributed by atoms with Crippen LogP contribution in [0, 0.1) is 11.3 Å². The van der Waals surface area contributed by atoms with Gasteiger partial charge in [0.1, 0.15) is 6.07 Å². The van der Waals surface area contributed by atoms with E-state index in [1.54, 1.807) is 6.08 Å². The van der Waals surface area contributed by atoms with Gasteiger partial charge in [0.2, 0.25) is 0 Å². The summed E-state index contributed by atoms with van der Waals surface area (Å²) in [6, 6.07) is 1.90. The average molecular weight is 192 g/mol. The second-order valence-corrected chi connectivity index (χ2v) is 4.18. The molecule has 0 radical (unpaired) electrons. The summed E-state index contributed by atoms with van der Waals surface area (Å²) in [5.74, 6) is 0. The smallest absolute Gasteiger partial charge is 0.160 e. The molecule has 0 aromatic rings. The summed E-state index contributed by atoms with van der Waals surface area (Å²) >= 11 is 0. The zero-order valence-electron chi connectivity index (χ0n) is 8.79. The number of aldehydes is 1. The Hall–Kier alpha value is -1.14.